The molecular weight excluding hydrogens is 360 g/mol. The molecule has 28 heavy (non-hydrogen) atoms. The number of carbonyl (C=O) groups excluding carboxylic acids is 1. The maximum absolute atomic E-state index is 12.4. The molecule has 1 amide bonds. The zero-order valence-electron chi connectivity index (χ0n) is 16.8. The fourth-order valence-corrected chi connectivity index (χ4v) is 2.68. The van der Waals surface area contributed by atoms with E-state index < -0.39 is 0 Å². The Kier molecular flexibility index (Phi) is 8.42. The minimum atomic E-state index is -0.206. The lowest BCUT2D eigenvalue weighted by molar-refractivity contribution is 0.0953. The summed E-state index contributed by atoms with van der Waals surface area (Å²) in [5.74, 6) is 2.01. The number of carbonyl (C=O) groups is 1. The van der Waals surface area contributed by atoms with Crippen LogP contribution in [0.5, 0.6) is 23.0 Å². The van der Waals surface area contributed by atoms with E-state index in [-0.39, 0.29) is 5.91 Å². The fraction of sp³-hybridized carbons (Fsp3) is 0.381. The SMILES string of the molecule is CCOc1ccc(CNCCNC(=O)c2cc(OC)c(OC)c(OC)c2)cc1. The Morgan fingerprint density at radius 2 is 1.57 bits per heavy atom. The molecule has 2 aromatic carbocycles. The van der Waals surface area contributed by atoms with Crippen LogP contribution in [-0.2, 0) is 6.54 Å². The van der Waals surface area contributed by atoms with Crippen molar-refractivity contribution in [1.29, 1.82) is 0 Å². The maximum Gasteiger partial charge on any atom is 0.251 e. The summed E-state index contributed by atoms with van der Waals surface area (Å²) < 4.78 is 21.3. The van der Waals surface area contributed by atoms with Crippen LogP contribution in [0.2, 0.25) is 0 Å². The van der Waals surface area contributed by atoms with E-state index in [1.807, 2.05) is 31.2 Å². The molecule has 0 fully saturated rings. The van der Waals surface area contributed by atoms with Crippen molar-refractivity contribution in [3.05, 3.63) is 47.5 Å². The molecule has 0 aliphatic carbocycles. The number of amides is 1. The van der Waals surface area contributed by atoms with Crippen molar-refractivity contribution >= 4 is 5.91 Å². The van der Waals surface area contributed by atoms with Crippen LogP contribution in [0.15, 0.2) is 36.4 Å². The molecule has 152 valence electrons. The van der Waals surface area contributed by atoms with Crippen LogP contribution >= 0.6 is 0 Å². The summed E-state index contributed by atoms with van der Waals surface area (Å²) in [6.07, 6.45) is 0. The second kappa shape index (κ2) is 11.0. The predicted octanol–water partition coefficient (Wildman–Crippen LogP) is 2.63. The Balaban J connectivity index is 1.82. The third kappa shape index (κ3) is 5.79. The molecular formula is C21H28N2O5. The summed E-state index contributed by atoms with van der Waals surface area (Å²) in [5, 5.41) is 6.18. The highest BCUT2D eigenvalue weighted by Gasteiger charge is 2.16. The van der Waals surface area contributed by atoms with Crippen molar-refractivity contribution in [2.45, 2.75) is 13.5 Å². The van der Waals surface area contributed by atoms with E-state index in [4.69, 9.17) is 18.9 Å². The maximum atomic E-state index is 12.4. The van der Waals surface area contributed by atoms with Crippen LogP contribution in [0.3, 0.4) is 0 Å². The van der Waals surface area contributed by atoms with Crippen molar-refractivity contribution in [1.82, 2.24) is 10.6 Å². The summed E-state index contributed by atoms with van der Waals surface area (Å²) in [4.78, 5) is 12.4. The van der Waals surface area contributed by atoms with Gasteiger partial charge in [0.15, 0.2) is 11.5 Å². The lowest BCUT2D eigenvalue weighted by Crippen LogP contribution is -2.31. The Labute approximate surface area is 165 Å². The van der Waals surface area contributed by atoms with E-state index in [0.29, 0.717) is 49.1 Å². The van der Waals surface area contributed by atoms with Gasteiger partial charge in [-0.2, -0.15) is 0 Å². The molecule has 0 spiro atoms. The van der Waals surface area contributed by atoms with E-state index in [2.05, 4.69) is 10.6 Å². The normalized spacial score (nSPS) is 10.3. The fourth-order valence-electron chi connectivity index (χ4n) is 2.68. The Bertz CT molecular complexity index is 737. The number of nitrogens with one attached hydrogen (secondary N) is 2. The van der Waals surface area contributed by atoms with Gasteiger partial charge >= 0.3 is 0 Å². The van der Waals surface area contributed by atoms with Gasteiger partial charge in [0.25, 0.3) is 5.91 Å². The molecule has 0 bridgehead atoms. The first-order chi connectivity index (χ1) is 13.6. The zero-order chi connectivity index (χ0) is 20.4. The second-order valence-corrected chi connectivity index (χ2v) is 5.92. The van der Waals surface area contributed by atoms with Gasteiger partial charge in [0.1, 0.15) is 5.75 Å². The van der Waals surface area contributed by atoms with Crippen LogP contribution < -0.4 is 29.6 Å². The van der Waals surface area contributed by atoms with Crippen LogP contribution in [0, 0.1) is 0 Å². The van der Waals surface area contributed by atoms with E-state index in [0.717, 1.165) is 11.3 Å². The van der Waals surface area contributed by atoms with Gasteiger partial charge in [-0.3, -0.25) is 4.79 Å². The first kappa shape index (κ1) is 21.4. The van der Waals surface area contributed by atoms with Crippen molar-refractivity contribution in [2.24, 2.45) is 0 Å². The average molecular weight is 388 g/mol. The lowest BCUT2D eigenvalue weighted by atomic mass is 10.1. The summed E-state index contributed by atoms with van der Waals surface area (Å²) in [6, 6.07) is 11.2. The largest absolute Gasteiger partial charge is 0.494 e. The molecule has 2 N–H and O–H groups in total. The predicted molar refractivity (Wildman–Crippen MR) is 108 cm³/mol. The van der Waals surface area contributed by atoms with Crippen molar-refractivity contribution in [2.75, 3.05) is 41.0 Å². The van der Waals surface area contributed by atoms with E-state index in [9.17, 15) is 4.79 Å². The number of hydrogen-bond acceptors (Lipinski definition) is 6. The number of benzene rings is 2. The highest BCUT2D eigenvalue weighted by atomic mass is 16.5. The van der Waals surface area contributed by atoms with E-state index >= 15 is 0 Å². The Hall–Kier alpha value is -2.93. The van der Waals surface area contributed by atoms with Crippen LogP contribution in [0.1, 0.15) is 22.8 Å². The zero-order valence-corrected chi connectivity index (χ0v) is 16.8. The summed E-state index contributed by atoms with van der Waals surface area (Å²) in [7, 11) is 4.56. The molecule has 0 atom stereocenters. The third-order valence-electron chi connectivity index (χ3n) is 4.08. The van der Waals surface area contributed by atoms with Gasteiger partial charge in [0, 0.05) is 25.2 Å². The number of methoxy groups -OCH3 is 3. The van der Waals surface area contributed by atoms with Crippen molar-refractivity contribution in [3.8, 4) is 23.0 Å². The van der Waals surface area contributed by atoms with E-state index in [1.165, 1.54) is 21.3 Å². The highest BCUT2D eigenvalue weighted by molar-refractivity contribution is 5.95. The molecule has 2 aromatic rings. The first-order valence-electron chi connectivity index (χ1n) is 9.13. The highest BCUT2D eigenvalue weighted by Crippen LogP contribution is 2.38. The average Bonchev–Trinajstić information content (AvgIpc) is 2.73. The van der Waals surface area contributed by atoms with Crippen LogP contribution in [0.4, 0.5) is 0 Å². The summed E-state index contributed by atoms with van der Waals surface area (Å²) >= 11 is 0. The van der Waals surface area contributed by atoms with E-state index in [1.54, 1.807) is 12.1 Å². The smallest absolute Gasteiger partial charge is 0.251 e. The number of hydrogen-bond donors (Lipinski definition) is 2. The summed E-state index contributed by atoms with van der Waals surface area (Å²) in [6.45, 7) is 4.47. The van der Waals surface area contributed by atoms with Gasteiger partial charge in [0.05, 0.1) is 27.9 Å². The molecule has 0 saturated heterocycles. The lowest BCUT2D eigenvalue weighted by Gasteiger charge is -2.14. The Morgan fingerprint density at radius 3 is 2.11 bits per heavy atom. The molecule has 2 rings (SSSR count). The van der Waals surface area contributed by atoms with Crippen molar-refractivity contribution < 1.29 is 23.7 Å². The molecule has 0 radical (unpaired) electrons. The van der Waals surface area contributed by atoms with Gasteiger partial charge in [-0.25, -0.2) is 0 Å². The second-order valence-electron chi connectivity index (χ2n) is 5.92. The minimum Gasteiger partial charge on any atom is -0.494 e. The molecule has 0 aromatic heterocycles. The Morgan fingerprint density at radius 1 is 0.929 bits per heavy atom. The van der Waals surface area contributed by atoms with Gasteiger partial charge in [-0.1, -0.05) is 12.1 Å². The molecule has 7 nitrogen and oxygen atoms in total. The molecule has 0 saturated carbocycles. The molecule has 0 aliphatic rings. The first-order valence-corrected chi connectivity index (χ1v) is 9.13. The van der Waals surface area contributed by atoms with Crippen LogP contribution in [-0.4, -0.2) is 46.9 Å². The number of rotatable bonds is 11. The molecule has 0 unspecified atom stereocenters. The van der Waals surface area contributed by atoms with Crippen LogP contribution in [0.25, 0.3) is 0 Å². The summed E-state index contributed by atoms with van der Waals surface area (Å²) in [5.41, 5.74) is 1.60. The minimum absolute atomic E-state index is 0.206. The molecule has 7 heteroatoms. The topological polar surface area (TPSA) is 78.1 Å². The van der Waals surface area contributed by atoms with Gasteiger partial charge in [0.2, 0.25) is 5.75 Å². The van der Waals surface area contributed by atoms with Crippen molar-refractivity contribution in [3.63, 3.8) is 0 Å². The quantitative estimate of drug-likeness (QED) is 0.576. The monoisotopic (exact) mass is 388 g/mol. The number of ether oxygens (including phenoxy) is 4. The van der Waals surface area contributed by atoms with Gasteiger partial charge < -0.3 is 29.6 Å². The third-order valence-corrected chi connectivity index (χ3v) is 4.08. The standard InChI is InChI=1S/C21H28N2O5/c1-5-28-17-8-6-15(7-9-17)14-22-10-11-23-21(24)16-12-18(25-2)20(27-4)19(13-16)26-3/h6-9,12-13,22H,5,10-11,14H2,1-4H3,(H,23,24). The molecule has 0 aliphatic heterocycles. The van der Waals surface area contributed by atoms with Gasteiger partial charge in [-0.05, 0) is 36.8 Å². The van der Waals surface area contributed by atoms with Gasteiger partial charge in [-0.15, -0.1) is 0 Å². The molecule has 0 heterocycles.